The maximum absolute atomic E-state index is 14.7. The van der Waals surface area contributed by atoms with E-state index in [1.165, 1.54) is 4.31 Å². The van der Waals surface area contributed by atoms with Gasteiger partial charge in [-0.1, -0.05) is 117 Å². The number of hydrogen-bond acceptors (Lipinski definition) is 4. The molecule has 0 unspecified atom stereocenters. The fraction of sp³-hybridized carbons (Fsp3) is 0.350. The van der Waals surface area contributed by atoms with Crippen molar-refractivity contribution >= 4 is 27.5 Å². The third-order valence-electron chi connectivity index (χ3n) is 9.14. The molecule has 0 aliphatic heterocycles. The molecular formula is C40H47N3O4S. The molecule has 48 heavy (non-hydrogen) atoms. The molecule has 0 spiro atoms. The first kappa shape index (κ1) is 34.9. The van der Waals surface area contributed by atoms with Crippen LogP contribution >= 0.6 is 0 Å². The van der Waals surface area contributed by atoms with Crippen LogP contribution in [-0.2, 0) is 32.6 Å². The Hall–Kier alpha value is -4.43. The van der Waals surface area contributed by atoms with Crippen LogP contribution in [0, 0.1) is 13.8 Å². The summed E-state index contributed by atoms with van der Waals surface area (Å²) in [4.78, 5) is 30.6. The smallest absolute Gasteiger partial charge is 0.264 e. The first-order chi connectivity index (χ1) is 23.0. The maximum Gasteiger partial charge on any atom is 0.264 e. The topological polar surface area (TPSA) is 86.8 Å². The zero-order valence-corrected chi connectivity index (χ0v) is 29.2. The normalized spacial score (nSPS) is 14.1. The summed E-state index contributed by atoms with van der Waals surface area (Å²) in [6, 6.07) is 30.7. The second kappa shape index (κ2) is 15.6. The van der Waals surface area contributed by atoms with E-state index in [2.05, 4.69) is 19.2 Å². The first-order valence-electron chi connectivity index (χ1n) is 16.9. The highest BCUT2D eigenvalue weighted by Gasteiger charge is 2.35. The standard InChI is InChI=1S/C40H47N3O4S/c1-29(2)34-19-21-36(22-20-34)43(48(46,47)37-23-17-30(3)18-24-37)28-39(44)42(27-33-14-10-11-31(4)25-33)38(26-32-12-6-5-7-13-32)40(45)41-35-15-8-9-16-35/h5-7,10-14,17-25,29,35,38H,8-9,15-16,26-28H2,1-4H3,(H,41,45)/t38-/m1/s1. The minimum Gasteiger partial charge on any atom is -0.352 e. The molecule has 1 aliphatic carbocycles. The van der Waals surface area contributed by atoms with Crippen LogP contribution in [0.15, 0.2) is 108 Å². The Labute approximate surface area is 286 Å². The number of amides is 2. The SMILES string of the molecule is Cc1ccc(S(=O)(=O)N(CC(=O)N(Cc2cccc(C)c2)[C@H](Cc2ccccc2)C(=O)NC2CCCC2)c2ccc(C(C)C)cc2)cc1. The number of hydrogen-bond donors (Lipinski definition) is 1. The van der Waals surface area contributed by atoms with Crippen molar-refractivity contribution in [3.8, 4) is 0 Å². The van der Waals surface area contributed by atoms with E-state index in [4.69, 9.17) is 0 Å². The molecule has 0 saturated heterocycles. The van der Waals surface area contributed by atoms with Gasteiger partial charge in [0.1, 0.15) is 12.6 Å². The summed E-state index contributed by atoms with van der Waals surface area (Å²) in [5.74, 6) is -0.423. The largest absolute Gasteiger partial charge is 0.352 e. The number of carbonyl (C=O) groups excluding carboxylic acids is 2. The fourth-order valence-electron chi connectivity index (χ4n) is 6.32. The quantitative estimate of drug-likeness (QED) is 0.162. The lowest BCUT2D eigenvalue weighted by Gasteiger charge is -2.34. The van der Waals surface area contributed by atoms with Gasteiger partial charge in [0.25, 0.3) is 10.0 Å². The van der Waals surface area contributed by atoms with Crippen LogP contribution < -0.4 is 9.62 Å². The number of nitrogens with zero attached hydrogens (tertiary/aromatic N) is 2. The second-order valence-electron chi connectivity index (χ2n) is 13.3. The molecule has 0 heterocycles. The summed E-state index contributed by atoms with van der Waals surface area (Å²) in [5, 5.41) is 3.23. The van der Waals surface area contributed by atoms with Crippen molar-refractivity contribution < 1.29 is 18.0 Å². The lowest BCUT2D eigenvalue weighted by atomic mass is 10.0. The van der Waals surface area contributed by atoms with Gasteiger partial charge in [-0.2, -0.15) is 0 Å². The van der Waals surface area contributed by atoms with Gasteiger partial charge in [-0.05, 0) is 73.6 Å². The average molecular weight is 666 g/mol. The highest BCUT2D eigenvalue weighted by molar-refractivity contribution is 7.92. The van der Waals surface area contributed by atoms with Crippen molar-refractivity contribution in [2.24, 2.45) is 0 Å². The Morgan fingerprint density at radius 1 is 0.792 bits per heavy atom. The summed E-state index contributed by atoms with van der Waals surface area (Å²) in [6.45, 7) is 7.72. The van der Waals surface area contributed by atoms with Crippen LogP contribution in [0.25, 0.3) is 0 Å². The van der Waals surface area contributed by atoms with Crippen LogP contribution in [0.3, 0.4) is 0 Å². The summed E-state index contributed by atoms with van der Waals surface area (Å²) < 4.78 is 29.8. The molecule has 4 aromatic carbocycles. The van der Waals surface area contributed by atoms with Crippen LogP contribution in [0.2, 0.25) is 0 Å². The van der Waals surface area contributed by atoms with Gasteiger partial charge in [0.15, 0.2) is 0 Å². The number of sulfonamides is 1. The molecule has 5 rings (SSSR count). The maximum atomic E-state index is 14.7. The Bertz CT molecular complexity index is 1780. The third-order valence-corrected chi connectivity index (χ3v) is 10.9. The predicted molar refractivity (Wildman–Crippen MR) is 192 cm³/mol. The molecule has 1 aliphatic rings. The Morgan fingerprint density at radius 2 is 1.44 bits per heavy atom. The van der Waals surface area contributed by atoms with Crippen molar-refractivity contribution in [3.05, 3.63) is 131 Å². The molecule has 1 fully saturated rings. The molecule has 2 amide bonds. The van der Waals surface area contributed by atoms with Crippen LogP contribution in [-0.4, -0.2) is 43.8 Å². The van der Waals surface area contributed by atoms with Crippen molar-refractivity contribution in [2.75, 3.05) is 10.8 Å². The molecule has 0 radical (unpaired) electrons. The summed E-state index contributed by atoms with van der Waals surface area (Å²) in [5.41, 5.74) is 5.19. The molecule has 8 heteroatoms. The van der Waals surface area contributed by atoms with E-state index in [1.54, 1.807) is 41.3 Å². The second-order valence-corrected chi connectivity index (χ2v) is 15.1. The van der Waals surface area contributed by atoms with E-state index >= 15 is 0 Å². The minimum absolute atomic E-state index is 0.0598. The first-order valence-corrected chi connectivity index (χ1v) is 18.3. The number of aryl methyl sites for hydroxylation is 2. The van der Waals surface area contributed by atoms with Crippen molar-refractivity contribution in [1.29, 1.82) is 0 Å². The van der Waals surface area contributed by atoms with Gasteiger partial charge in [0.05, 0.1) is 10.6 Å². The molecule has 0 bridgehead atoms. The van der Waals surface area contributed by atoms with Crippen molar-refractivity contribution in [2.45, 2.75) is 89.2 Å². The lowest BCUT2D eigenvalue weighted by Crippen LogP contribution is -2.54. The Balaban J connectivity index is 1.57. The monoisotopic (exact) mass is 665 g/mol. The van der Waals surface area contributed by atoms with Crippen molar-refractivity contribution in [1.82, 2.24) is 10.2 Å². The zero-order valence-electron chi connectivity index (χ0n) is 28.4. The van der Waals surface area contributed by atoms with Gasteiger partial charge < -0.3 is 10.2 Å². The Morgan fingerprint density at radius 3 is 2.06 bits per heavy atom. The highest BCUT2D eigenvalue weighted by Crippen LogP contribution is 2.28. The molecular weight excluding hydrogens is 619 g/mol. The zero-order chi connectivity index (χ0) is 34.3. The van der Waals surface area contributed by atoms with E-state index in [-0.39, 0.29) is 29.3 Å². The molecule has 1 saturated carbocycles. The number of benzene rings is 4. The van der Waals surface area contributed by atoms with Crippen molar-refractivity contribution in [3.63, 3.8) is 0 Å². The molecule has 7 nitrogen and oxygen atoms in total. The molecule has 1 atom stereocenters. The lowest BCUT2D eigenvalue weighted by molar-refractivity contribution is -0.140. The number of rotatable bonds is 13. The van der Waals surface area contributed by atoms with Gasteiger partial charge in [0, 0.05) is 19.0 Å². The number of carbonyl (C=O) groups is 2. The molecule has 4 aromatic rings. The molecule has 1 N–H and O–H groups in total. The van der Waals surface area contributed by atoms with Crippen LogP contribution in [0.5, 0.6) is 0 Å². The summed E-state index contributed by atoms with van der Waals surface area (Å²) >= 11 is 0. The van der Waals surface area contributed by atoms with E-state index < -0.39 is 28.5 Å². The third kappa shape index (κ3) is 8.72. The molecule has 252 valence electrons. The fourth-order valence-corrected chi connectivity index (χ4v) is 7.73. The highest BCUT2D eigenvalue weighted by atomic mass is 32.2. The van der Waals surface area contributed by atoms with Crippen LogP contribution in [0.1, 0.15) is 73.3 Å². The summed E-state index contributed by atoms with van der Waals surface area (Å²) in [7, 11) is -4.15. The molecule has 0 aromatic heterocycles. The van der Waals surface area contributed by atoms with Gasteiger partial charge in [-0.15, -0.1) is 0 Å². The van der Waals surface area contributed by atoms with E-state index in [0.29, 0.717) is 12.1 Å². The van der Waals surface area contributed by atoms with Gasteiger partial charge in [-0.25, -0.2) is 8.42 Å². The summed E-state index contributed by atoms with van der Waals surface area (Å²) in [6.07, 6.45) is 4.23. The van der Waals surface area contributed by atoms with Gasteiger partial charge in [0.2, 0.25) is 11.8 Å². The number of nitrogens with one attached hydrogen (secondary N) is 1. The minimum atomic E-state index is -4.15. The predicted octanol–water partition coefficient (Wildman–Crippen LogP) is 7.32. The van der Waals surface area contributed by atoms with Crippen LogP contribution in [0.4, 0.5) is 5.69 Å². The average Bonchev–Trinajstić information content (AvgIpc) is 3.59. The Kier molecular flexibility index (Phi) is 11.4. The van der Waals surface area contributed by atoms with E-state index in [1.807, 2.05) is 80.6 Å². The van der Waals surface area contributed by atoms with E-state index in [0.717, 1.165) is 53.5 Å². The number of anilines is 1. The van der Waals surface area contributed by atoms with E-state index in [9.17, 15) is 18.0 Å². The van der Waals surface area contributed by atoms with Gasteiger partial charge >= 0.3 is 0 Å². The van der Waals surface area contributed by atoms with Gasteiger partial charge in [-0.3, -0.25) is 13.9 Å².